The summed E-state index contributed by atoms with van der Waals surface area (Å²) in [5.74, 6) is 1.60. The van der Waals surface area contributed by atoms with Gasteiger partial charge in [-0.1, -0.05) is 35.0 Å². The molecule has 0 radical (unpaired) electrons. The minimum Gasteiger partial charge on any atom is -0.490 e. The Morgan fingerprint density at radius 1 is 0.905 bits per heavy atom. The number of rotatable bonds is 7. The molecule has 0 aliphatic heterocycles. The fourth-order valence-electron chi connectivity index (χ4n) is 1.87. The zero-order valence-corrected chi connectivity index (χ0v) is 13.5. The molecule has 0 heterocycles. The van der Waals surface area contributed by atoms with E-state index < -0.39 is 6.10 Å². The third kappa shape index (κ3) is 5.06. The van der Waals surface area contributed by atoms with Crippen molar-refractivity contribution < 1.29 is 14.6 Å². The summed E-state index contributed by atoms with van der Waals surface area (Å²) < 4.78 is 12.2. The van der Waals surface area contributed by atoms with Crippen LogP contribution in [0.3, 0.4) is 0 Å². The van der Waals surface area contributed by atoms with Gasteiger partial charge in [0.2, 0.25) is 0 Å². The third-order valence-corrected chi connectivity index (χ3v) is 3.61. The van der Waals surface area contributed by atoms with Gasteiger partial charge < -0.3 is 14.6 Å². The van der Waals surface area contributed by atoms with Crippen molar-refractivity contribution in [2.45, 2.75) is 19.4 Å². The molecule has 21 heavy (non-hydrogen) atoms. The van der Waals surface area contributed by atoms with Crippen LogP contribution in [0.15, 0.2) is 53.0 Å². The molecule has 4 heteroatoms. The summed E-state index contributed by atoms with van der Waals surface area (Å²) in [4.78, 5) is 0. The number of halogens is 1. The van der Waals surface area contributed by atoms with Crippen molar-refractivity contribution in [2.75, 3.05) is 13.2 Å². The molecule has 2 aromatic carbocycles. The van der Waals surface area contributed by atoms with Crippen LogP contribution < -0.4 is 9.47 Å². The lowest BCUT2D eigenvalue weighted by atomic mass is 10.1. The van der Waals surface area contributed by atoms with Crippen molar-refractivity contribution in [1.29, 1.82) is 0 Å². The van der Waals surface area contributed by atoms with E-state index in [1.54, 1.807) is 0 Å². The van der Waals surface area contributed by atoms with Crippen LogP contribution in [0.2, 0.25) is 0 Å². The number of hydrogen-bond acceptors (Lipinski definition) is 3. The minimum atomic E-state index is -0.403. The van der Waals surface area contributed by atoms with E-state index in [4.69, 9.17) is 9.47 Å². The van der Waals surface area contributed by atoms with Gasteiger partial charge in [-0.05, 0) is 48.4 Å². The van der Waals surface area contributed by atoms with Crippen LogP contribution in [0.4, 0.5) is 0 Å². The Balaban J connectivity index is 1.74. The molecule has 0 spiro atoms. The number of aliphatic hydroxyl groups is 1. The van der Waals surface area contributed by atoms with Crippen molar-refractivity contribution in [2.24, 2.45) is 0 Å². The molecule has 1 N–H and O–H groups in total. The zero-order valence-electron chi connectivity index (χ0n) is 12.0. The lowest BCUT2D eigenvalue weighted by Crippen LogP contribution is -2.09. The highest BCUT2D eigenvalue weighted by Crippen LogP contribution is 2.20. The van der Waals surface area contributed by atoms with Gasteiger partial charge in [-0.15, -0.1) is 0 Å². The van der Waals surface area contributed by atoms with Crippen LogP contribution >= 0.6 is 15.9 Å². The maximum atomic E-state index is 9.72. The molecule has 2 rings (SSSR count). The van der Waals surface area contributed by atoms with Crippen LogP contribution in [-0.4, -0.2) is 18.3 Å². The van der Waals surface area contributed by atoms with Crippen LogP contribution in [0.25, 0.3) is 0 Å². The third-order valence-electron chi connectivity index (χ3n) is 3.09. The first-order valence-corrected chi connectivity index (χ1v) is 7.77. The topological polar surface area (TPSA) is 38.7 Å². The summed E-state index contributed by atoms with van der Waals surface area (Å²) in [6.45, 7) is 2.92. The van der Waals surface area contributed by atoms with Gasteiger partial charge in [0.1, 0.15) is 24.7 Å². The Kier molecular flexibility index (Phi) is 6.08. The molecule has 0 fully saturated rings. The highest BCUT2D eigenvalue weighted by molar-refractivity contribution is 9.10. The van der Waals surface area contributed by atoms with Crippen molar-refractivity contribution in [3.8, 4) is 11.5 Å². The predicted molar refractivity (Wildman–Crippen MR) is 86.8 cm³/mol. The standard InChI is InChI=1S/C17H19BrO3/c1-2-17(19)13-3-7-15(8-4-13)20-11-12-21-16-9-5-14(18)6-10-16/h3-10,17,19H,2,11-12H2,1H3/t17-/m0/s1. The largest absolute Gasteiger partial charge is 0.490 e. The molecular weight excluding hydrogens is 332 g/mol. The van der Waals surface area contributed by atoms with Gasteiger partial charge in [-0.3, -0.25) is 0 Å². The van der Waals surface area contributed by atoms with Crippen LogP contribution in [-0.2, 0) is 0 Å². The van der Waals surface area contributed by atoms with Gasteiger partial charge in [-0.25, -0.2) is 0 Å². The van der Waals surface area contributed by atoms with Gasteiger partial charge in [-0.2, -0.15) is 0 Å². The molecule has 1 atom stereocenters. The van der Waals surface area contributed by atoms with Crippen LogP contribution in [0.1, 0.15) is 25.0 Å². The van der Waals surface area contributed by atoms with E-state index in [1.807, 2.05) is 55.5 Å². The van der Waals surface area contributed by atoms with Crippen LogP contribution in [0, 0.1) is 0 Å². The summed E-state index contributed by atoms with van der Waals surface area (Å²) in [5.41, 5.74) is 0.913. The number of benzene rings is 2. The van der Waals surface area contributed by atoms with Gasteiger partial charge in [0.25, 0.3) is 0 Å². The molecule has 3 nitrogen and oxygen atoms in total. The minimum absolute atomic E-state index is 0.403. The number of ether oxygens (including phenoxy) is 2. The van der Waals surface area contributed by atoms with Gasteiger partial charge in [0.15, 0.2) is 0 Å². The lowest BCUT2D eigenvalue weighted by Gasteiger charge is -2.11. The van der Waals surface area contributed by atoms with Crippen molar-refractivity contribution >= 4 is 15.9 Å². The van der Waals surface area contributed by atoms with Gasteiger partial charge >= 0.3 is 0 Å². The summed E-state index contributed by atoms with van der Waals surface area (Å²) >= 11 is 3.38. The molecular formula is C17H19BrO3. The second kappa shape index (κ2) is 8.05. The fourth-order valence-corrected chi connectivity index (χ4v) is 2.14. The molecule has 0 amide bonds. The first kappa shape index (κ1) is 15.9. The lowest BCUT2D eigenvalue weighted by molar-refractivity contribution is 0.173. The Morgan fingerprint density at radius 3 is 1.86 bits per heavy atom. The molecule has 0 unspecified atom stereocenters. The average molecular weight is 351 g/mol. The second-order valence-corrected chi connectivity index (χ2v) is 5.56. The summed E-state index contributed by atoms with van der Waals surface area (Å²) in [7, 11) is 0. The van der Waals surface area contributed by atoms with E-state index in [0.29, 0.717) is 19.6 Å². The molecule has 0 saturated carbocycles. The van der Waals surface area contributed by atoms with E-state index in [-0.39, 0.29) is 0 Å². The van der Waals surface area contributed by atoms with Gasteiger partial charge in [0, 0.05) is 4.47 Å². The highest BCUT2D eigenvalue weighted by Gasteiger charge is 2.04. The maximum Gasteiger partial charge on any atom is 0.122 e. The van der Waals surface area contributed by atoms with Crippen molar-refractivity contribution in [3.05, 3.63) is 58.6 Å². The normalized spacial score (nSPS) is 12.0. The van der Waals surface area contributed by atoms with E-state index in [2.05, 4.69) is 15.9 Å². The van der Waals surface area contributed by atoms with E-state index in [0.717, 1.165) is 21.5 Å². The smallest absolute Gasteiger partial charge is 0.122 e. The molecule has 0 bridgehead atoms. The number of hydrogen-bond donors (Lipinski definition) is 1. The highest BCUT2D eigenvalue weighted by atomic mass is 79.9. The summed E-state index contributed by atoms with van der Waals surface area (Å²) in [5, 5.41) is 9.72. The van der Waals surface area contributed by atoms with E-state index >= 15 is 0 Å². The zero-order chi connectivity index (χ0) is 15.1. The molecule has 0 aliphatic carbocycles. The fraction of sp³-hybridized carbons (Fsp3) is 0.294. The Morgan fingerprint density at radius 2 is 1.38 bits per heavy atom. The summed E-state index contributed by atoms with van der Waals surface area (Å²) in [6, 6.07) is 15.2. The average Bonchev–Trinajstić information content (AvgIpc) is 2.53. The molecule has 0 aliphatic rings. The molecule has 0 aromatic heterocycles. The Hall–Kier alpha value is -1.52. The number of aliphatic hydroxyl groups excluding tert-OH is 1. The first-order valence-electron chi connectivity index (χ1n) is 6.98. The molecule has 112 valence electrons. The second-order valence-electron chi connectivity index (χ2n) is 4.64. The molecule has 0 saturated heterocycles. The Bertz CT molecular complexity index is 537. The van der Waals surface area contributed by atoms with Crippen molar-refractivity contribution in [3.63, 3.8) is 0 Å². The first-order chi connectivity index (χ1) is 10.2. The van der Waals surface area contributed by atoms with E-state index in [1.165, 1.54) is 0 Å². The summed E-state index contributed by atoms with van der Waals surface area (Å²) in [6.07, 6.45) is 0.307. The monoisotopic (exact) mass is 350 g/mol. The van der Waals surface area contributed by atoms with E-state index in [9.17, 15) is 5.11 Å². The Labute approximate surface area is 133 Å². The predicted octanol–water partition coefficient (Wildman–Crippen LogP) is 4.35. The van der Waals surface area contributed by atoms with Crippen LogP contribution in [0.5, 0.6) is 11.5 Å². The van der Waals surface area contributed by atoms with Crippen molar-refractivity contribution in [1.82, 2.24) is 0 Å². The van der Waals surface area contributed by atoms with Gasteiger partial charge in [0.05, 0.1) is 6.10 Å². The SMILES string of the molecule is CC[C@H](O)c1ccc(OCCOc2ccc(Br)cc2)cc1. The quantitative estimate of drug-likeness (QED) is 0.754. The maximum absolute atomic E-state index is 9.72. The molecule has 2 aromatic rings.